The molecule has 6 heteroatoms. The first-order valence-corrected chi connectivity index (χ1v) is 6.59. The molecule has 1 fully saturated rings. The summed E-state index contributed by atoms with van der Waals surface area (Å²) in [6.45, 7) is 1.13. The number of amides is 1. The molecule has 0 aromatic carbocycles. The summed E-state index contributed by atoms with van der Waals surface area (Å²) in [4.78, 5) is 16.2. The van der Waals surface area contributed by atoms with E-state index in [0.717, 1.165) is 44.3 Å². The van der Waals surface area contributed by atoms with Gasteiger partial charge < -0.3 is 11.1 Å². The fourth-order valence-corrected chi connectivity index (χ4v) is 2.57. The Balaban J connectivity index is 1.71. The third kappa shape index (κ3) is 2.87. The van der Waals surface area contributed by atoms with E-state index < -0.39 is 0 Å². The van der Waals surface area contributed by atoms with Gasteiger partial charge in [0.05, 0.1) is 5.41 Å². The van der Waals surface area contributed by atoms with Gasteiger partial charge in [-0.1, -0.05) is 12.8 Å². The Hall–Kier alpha value is -1.43. The largest absolute Gasteiger partial charge is 0.356 e. The molecule has 0 atom stereocenters. The Morgan fingerprint density at radius 3 is 2.89 bits per heavy atom. The lowest BCUT2D eigenvalue weighted by atomic mass is 9.85. The quantitative estimate of drug-likeness (QED) is 0.636. The summed E-state index contributed by atoms with van der Waals surface area (Å²) in [5.74, 6) is 0.985. The van der Waals surface area contributed by atoms with Crippen molar-refractivity contribution in [3.63, 3.8) is 0 Å². The van der Waals surface area contributed by atoms with Gasteiger partial charge in [0.2, 0.25) is 5.91 Å². The number of nitrogens with two attached hydrogens (primary N) is 1. The molecule has 4 N–H and O–H groups in total. The zero-order valence-corrected chi connectivity index (χ0v) is 10.6. The van der Waals surface area contributed by atoms with Crippen LogP contribution < -0.4 is 11.1 Å². The molecule has 0 spiro atoms. The normalized spacial score (nSPS) is 17.8. The molecule has 0 saturated heterocycles. The van der Waals surface area contributed by atoms with Crippen LogP contribution in [0.25, 0.3) is 0 Å². The van der Waals surface area contributed by atoms with E-state index >= 15 is 0 Å². The fourth-order valence-electron chi connectivity index (χ4n) is 2.57. The summed E-state index contributed by atoms with van der Waals surface area (Å²) in [6, 6.07) is 0. The zero-order valence-electron chi connectivity index (χ0n) is 10.6. The highest BCUT2D eigenvalue weighted by Crippen LogP contribution is 2.37. The van der Waals surface area contributed by atoms with E-state index in [1.165, 1.54) is 6.33 Å². The number of aryl methyl sites for hydroxylation is 1. The number of rotatable bonds is 6. The average Bonchev–Trinajstić information content (AvgIpc) is 3.05. The van der Waals surface area contributed by atoms with Crippen LogP contribution >= 0.6 is 0 Å². The molecule has 2 rings (SSSR count). The van der Waals surface area contributed by atoms with Crippen molar-refractivity contribution >= 4 is 5.91 Å². The van der Waals surface area contributed by atoms with Gasteiger partial charge in [-0.05, 0) is 19.3 Å². The molecular formula is C12H21N5O. The van der Waals surface area contributed by atoms with Crippen LogP contribution in [0.2, 0.25) is 0 Å². The third-order valence-electron chi connectivity index (χ3n) is 3.77. The molecule has 1 aromatic heterocycles. The highest BCUT2D eigenvalue weighted by molar-refractivity contribution is 5.83. The van der Waals surface area contributed by atoms with Crippen LogP contribution in [0.3, 0.4) is 0 Å². The molecule has 1 saturated carbocycles. The molecule has 6 nitrogen and oxygen atoms in total. The minimum atomic E-state index is -0.299. The fraction of sp³-hybridized carbons (Fsp3) is 0.750. The molecule has 1 heterocycles. The molecule has 0 unspecified atom stereocenters. The molecular weight excluding hydrogens is 230 g/mol. The third-order valence-corrected chi connectivity index (χ3v) is 3.77. The first kappa shape index (κ1) is 13.0. The van der Waals surface area contributed by atoms with Crippen molar-refractivity contribution in [3.05, 3.63) is 12.2 Å². The Morgan fingerprint density at radius 1 is 1.50 bits per heavy atom. The molecule has 0 aliphatic heterocycles. The van der Waals surface area contributed by atoms with Crippen LogP contribution in [0.5, 0.6) is 0 Å². The van der Waals surface area contributed by atoms with Crippen LogP contribution in [-0.4, -0.2) is 34.2 Å². The smallest absolute Gasteiger partial charge is 0.227 e. The predicted octanol–water partition coefficient (Wildman–Crippen LogP) is 0.373. The van der Waals surface area contributed by atoms with Gasteiger partial charge in [-0.2, -0.15) is 5.10 Å². The van der Waals surface area contributed by atoms with Gasteiger partial charge in [-0.25, -0.2) is 4.98 Å². The maximum atomic E-state index is 12.1. The second kappa shape index (κ2) is 5.95. The lowest BCUT2D eigenvalue weighted by Crippen LogP contribution is -2.44. The number of nitrogens with zero attached hydrogens (tertiary/aromatic N) is 2. The number of hydrogen-bond acceptors (Lipinski definition) is 4. The van der Waals surface area contributed by atoms with E-state index in [0.29, 0.717) is 13.1 Å². The van der Waals surface area contributed by atoms with Gasteiger partial charge in [0.15, 0.2) is 0 Å². The summed E-state index contributed by atoms with van der Waals surface area (Å²) in [7, 11) is 0. The monoisotopic (exact) mass is 251 g/mol. The van der Waals surface area contributed by atoms with Crippen molar-refractivity contribution in [2.45, 2.75) is 38.5 Å². The van der Waals surface area contributed by atoms with Gasteiger partial charge in [-0.15, -0.1) is 0 Å². The first-order valence-electron chi connectivity index (χ1n) is 6.59. The van der Waals surface area contributed by atoms with Crippen molar-refractivity contribution in [2.24, 2.45) is 11.1 Å². The van der Waals surface area contributed by atoms with E-state index in [9.17, 15) is 4.79 Å². The minimum Gasteiger partial charge on any atom is -0.356 e. The molecule has 18 heavy (non-hydrogen) atoms. The van der Waals surface area contributed by atoms with Crippen LogP contribution in [0.1, 0.15) is 37.9 Å². The minimum absolute atomic E-state index is 0.125. The number of H-pyrrole nitrogens is 1. The summed E-state index contributed by atoms with van der Waals surface area (Å²) in [6.07, 6.45) is 7.24. The van der Waals surface area contributed by atoms with Gasteiger partial charge in [0, 0.05) is 19.5 Å². The van der Waals surface area contributed by atoms with Gasteiger partial charge in [0.25, 0.3) is 0 Å². The number of nitrogens with one attached hydrogen (secondary N) is 2. The summed E-state index contributed by atoms with van der Waals surface area (Å²) in [5.41, 5.74) is 5.47. The molecule has 1 aliphatic carbocycles. The number of aromatic amines is 1. The van der Waals surface area contributed by atoms with E-state index in [-0.39, 0.29) is 11.3 Å². The van der Waals surface area contributed by atoms with Crippen molar-refractivity contribution in [1.82, 2.24) is 20.5 Å². The summed E-state index contributed by atoms with van der Waals surface area (Å²) >= 11 is 0. The standard InChI is InChI=1S/C12H21N5O/c13-8-12(5-1-2-6-12)11(18)14-7-3-4-10-15-9-16-17-10/h9H,1-8,13H2,(H,14,18)(H,15,16,17). The zero-order chi connectivity index (χ0) is 12.8. The molecule has 1 aliphatic rings. The SMILES string of the molecule is NCC1(C(=O)NCCCc2ncn[nH]2)CCCC1. The topological polar surface area (TPSA) is 96.7 Å². The van der Waals surface area contributed by atoms with Crippen molar-refractivity contribution in [3.8, 4) is 0 Å². The maximum absolute atomic E-state index is 12.1. The second-order valence-electron chi connectivity index (χ2n) is 4.98. The van der Waals surface area contributed by atoms with Crippen molar-refractivity contribution in [2.75, 3.05) is 13.1 Å². The molecule has 0 bridgehead atoms. The van der Waals surface area contributed by atoms with Gasteiger partial charge in [0.1, 0.15) is 12.2 Å². The Kier molecular flexibility index (Phi) is 4.30. The van der Waals surface area contributed by atoms with Crippen LogP contribution in [-0.2, 0) is 11.2 Å². The van der Waals surface area contributed by atoms with Crippen LogP contribution in [0, 0.1) is 5.41 Å². The average molecular weight is 251 g/mol. The van der Waals surface area contributed by atoms with E-state index in [1.54, 1.807) is 0 Å². The molecule has 100 valence electrons. The second-order valence-corrected chi connectivity index (χ2v) is 4.98. The Bertz CT molecular complexity index is 370. The van der Waals surface area contributed by atoms with Crippen LogP contribution in [0.15, 0.2) is 6.33 Å². The lowest BCUT2D eigenvalue weighted by Gasteiger charge is -2.25. The number of carbonyl (C=O) groups is 1. The van der Waals surface area contributed by atoms with Gasteiger partial charge >= 0.3 is 0 Å². The molecule has 0 radical (unpaired) electrons. The van der Waals surface area contributed by atoms with Crippen LogP contribution in [0.4, 0.5) is 0 Å². The lowest BCUT2D eigenvalue weighted by molar-refractivity contribution is -0.130. The summed E-state index contributed by atoms with van der Waals surface area (Å²) in [5, 5.41) is 9.59. The Labute approximate surface area is 107 Å². The summed E-state index contributed by atoms with van der Waals surface area (Å²) < 4.78 is 0. The van der Waals surface area contributed by atoms with Gasteiger partial charge in [-0.3, -0.25) is 9.89 Å². The predicted molar refractivity (Wildman–Crippen MR) is 67.7 cm³/mol. The highest BCUT2D eigenvalue weighted by atomic mass is 16.2. The first-order chi connectivity index (χ1) is 8.77. The van der Waals surface area contributed by atoms with Crippen molar-refractivity contribution < 1.29 is 4.79 Å². The molecule has 1 amide bonds. The number of carbonyl (C=O) groups excluding carboxylic acids is 1. The Morgan fingerprint density at radius 2 is 2.28 bits per heavy atom. The molecule has 1 aromatic rings. The van der Waals surface area contributed by atoms with E-state index in [4.69, 9.17) is 5.73 Å². The number of aromatic nitrogens is 3. The highest BCUT2D eigenvalue weighted by Gasteiger charge is 2.39. The van der Waals surface area contributed by atoms with E-state index in [1.807, 2.05) is 0 Å². The van der Waals surface area contributed by atoms with Crippen molar-refractivity contribution in [1.29, 1.82) is 0 Å². The van der Waals surface area contributed by atoms with E-state index in [2.05, 4.69) is 20.5 Å². The maximum Gasteiger partial charge on any atom is 0.227 e. The number of hydrogen-bond donors (Lipinski definition) is 3.